The predicted octanol–water partition coefficient (Wildman–Crippen LogP) is 5.79. The first-order valence-corrected chi connectivity index (χ1v) is 10.3. The molecule has 1 amide bonds. The number of halogens is 3. The van der Waals surface area contributed by atoms with Gasteiger partial charge in [0.1, 0.15) is 11.6 Å². The lowest BCUT2D eigenvalue weighted by Crippen LogP contribution is -2.43. The number of benzene rings is 1. The molecule has 4 rings (SSSR count). The van der Waals surface area contributed by atoms with Gasteiger partial charge in [0.25, 0.3) is 5.91 Å². The number of piperidine rings is 1. The maximum atomic E-state index is 14.4. The molecule has 1 aliphatic rings. The lowest BCUT2D eigenvalue weighted by molar-refractivity contribution is 0.0609. The number of aromatic nitrogens is 2. The molecule has 0 radical (unpaired) electrons. The van der Waals surface area contributed by atoms with Gasteiger partial charge in [-0.05, 0) is 56.9 Å². The van der Waals surface area contributed by atoms with Crippen molar-refractivity contribution < 1.29 is 13.6 Å². The Hall–Kier alpha value is -2.80. The van der Waals surface area contributed by atoms with E-state index >= 15 is 0 Å². The van der Waals surface area contributed by atoms with E-state index in [0.717, 1.165) is 49.6 Å². The SMILES string of the molecule is CCC1CCCCN1C(=O)c1cnc2nc(C)ccc2c1Nc1cc(F)ccc1F.Cl. The number of hydrogen-bond acceptors (Lipinski definition) is 4. The van der Waals surface area contributed by atoms with E-state index < -0.39 is 11.6 Å². The van der Waals surface area contributed by atoms with E-state index in [9.17, 15) is 13.6 Å². The quantitative estimate of drug-likeness (QED) is 0.551. The number of amides is 1. The Balaban J connectivity index is 0.00000272. The highest BCUT2D eigenvalue weighted by atomic mass is 35.5. The van der Waals surface area contributed by atoms with Crippen LogP contribution in [0, 0.1) is 18.6 Å². The Labute approximate surface area is 186 Å². The maximum Gasteiger partial charge on any atom is 0.257 e. The Morgan fingerprint density at radius 3 is 2.81 bits per heavy atom. The van der Waals surface area contributed by atoms with Crippen LogP contribution in [0.1, 0.15) is 48.7 Å². The summed E-state index contributed by atoms with van der Waals surface area (Å²) in [4.78, 5) is 24.2. The van der Waals surface area contributed by atoms with E-state index in [2.05, 4.69) is 22.2 Å². The van der Waals surface area contributed by atoms with Gasteiger partial charge in [-0.3, -0.25) is 4.79 Å². The number of likely N-dealkylation sites (tertiary alicyclic amines) is 1. The van der Waals surface area contributed by atoms with Crippen molar-refractivity contribution in [2.45, 2.75) is 45.6 Å². The van der Waals surface area contributed by atoms with E-state index in [-0.39, 0.29) is 30.0 Å². The molecule has 3 aromatic rings. The summed E-state index contributed by atoms with van der Waals surface area (Å²) in [5.41, 5.74) is 1.90. The third kappa shape index (κ3) is 4.61. The van der Waals surface area contributed by atoms with E-state index in [1.54, 1.807) is 12.1 Å². The average molecular weight is 447 g/mol. The molecule has 0 bridgehead atoms. The van der Waals surface area contributed by atoms with Crippen LogP contribution in [-0.2, 0) is 0 Å². The number of pyridine rings is 2. The number of carbonyl (C=O) groups is 1. The molecular formula is C23H25ClF2N4O. The molecule has 1 unspecified atom stereocenters. The number of rotatable bonds is 4. The van der Waals surface area contributed by atoms with Crippen LogP contribution in [0.25, 0.3) is 11.0 Å². The highest BCUT2D eigenvalue weighted by Gasteiger charge is 2.29. The standard InChI is InChI=1S/C23H24F2N4O.ClH/c1-3-16-6-4-5-11-29(16)23(30)18-13-26-22-17(9-7-14(2)27-22)21(18)28-20-12-15(24)8-10-19(20)25;/h7-10,12-13,16H,3-6,11H2,1-2H3,(H,26,27,28);1H. The zero-order chi connectivity index (χ0) is 21.3. The topological polar surface area (TPSA) is 58.1 Å². The summed E-state index contributed by atoms with van der Waals surface area (Å²) in [6.45, 7) is 4.59. The van der Waals surface area contributed by atoms with E-state index in [1.165, 1.54) is 6.20 Å². The summed E-state index contributed by atoms with van der Waals surface area (Å²) in [6, 6.07) is 6.96. The predicted molar refractivity (Wildman–Crippen MR) is 120 cm³/mol. The summed E-state index contributed by atoms with van der Waals surface area (Å²) in [5.74, 6) is -1.33. The van der Waals surface area contributed by atoms with E-state index in [1.807, 2.05) is 11.8 Å². The molecule has 8 heteroatoms. The van der Waals surface area contributed by atoms with Crippen LogP contribution in [0.5, 0.6) is 0 Å². The Bertz CT molecular complexity index is 1110. The second-order valence-corrected chi connectivity index (χ2v) is 7.68. The minimum absolute atomic E-state index is 0. The zero-order valence-electron chi connectivity index (χ0n) is 17.5. The van der Waals surface area contributed by atoms with Gasteiger partial charge in [-0.1, -0.05) is 6.92 Å². The molecule has 1 aromatic carbocycles. The molecule has 0 aliphatic carbocycles. The fourth-order valence-corrected chi connectivity index (χ4v) is 4.04. The Morgan fingerprint density at radius 2 is 2.03 bits per heavy atom. The van der Waals surface area contributed by atoms with Crippen LogP contribution in [0.4, 0.5) is 20.2 Å². The number of anilines is 2. The van der Waals surface area contributed by atoms with Gasteiger partial charge >= 0.3 is 0 Å². The van der Waals surface area contributed by atoms with Crippen molar-refractivity contribution in [3.05, 3.63) is 59.4 Å². The molecule has 2 aromatic heterocycles. The molecule has 1 atom stereocenters. The van der Waals surface area contributed by atoms with Crippen molar-refractivity contribution >= 4 is 40.7 Å². The Kier molecular flexibility index (Phi) is 7.05. The lowest BCUT2D eigenvalue weighted by atomic mass is 9.98. The van der Waals surface area contributed by atoms with Gasteiger partial charge in [0, 0.05) is 35.9 Å². The van der Waals surface area contributed by atoms with Crippen molar-refractivity contribution in [2.75, 3.05) is 11.9 Å². The summed E-state index contributed by atoms with van der Waals surface area (Å²) in [5, 5.41) is 3.54. The number of carbonyl (C=O) groups excluding carboxylic acids is 1. The highest BCUT2D eigenvalue weighted by Crippen LogP contribution is 2.32. The third-order valence-corrected chi connectivity index (χ3v) is 5.65. The number of nitrogens with one attached hydrogen (secondary N) is 1. The van der Waals surface area contributed by atoms with E-state index in [4.69, 9.17) is 0 Å². The Morgan fingerprint density at radius 1 is 1.23 bits per heavy atom. The number of aryl methyl sites for hydroxylation is 1. The molecule has 1 fully saturated rings. The molecule has 5 nitrogen and oxygen atoms in total. The normalized spacial score (nSPS) is 16.1. The van der Waals surface area contributed by atoms with Gasteiger partial charge in [-0.25, -0.2) is 18.7 Å². The minimum Gasteiger partial charge on any atom is -0.352 e. The summed E-state index contributed by atoms with van der Waals surface area (Å²) >= 11 is 0. The van der Waals surface area contributed by atoms with Crippen molar-refractivity contribution in [1.82, 2.24) is 14.9 Å². The highest BCUT2D eigenvalue weighted by molar-refractivity contribution is 6.07. The van der Waals surface area contributed by atoms with E-state index in [0.29, 0.717) is 28.8 Å². The molecule has 0 saturated carbocycles. The largest absolute Gasteiger partial charge is 0.352 e. The van der Waals surface area contributed by atoms with Crippen LogP contribution in [-0.4, -0.2) is 33.4 Å². The first-order valence-electron chi connectivity index (χ1n) is 10.3. The summed E-state index contributed by atoms with van der Waals surface area (Å²) in [6.07, 6.45) is 5.37. The summed E-state index contributed by atoms with van der Waals surface area (Å²) < 4.78 is 28.1. The average Bonchev–Trinajstić information content (AvgIpc) is 2.75. The first-order chi connectivity index (χ1) is 14.5. The smallest absolute Gasteiger partial charge is 0.257 e. The van der Waals surface area contributed by atoms with Gasteiger partial charge in [0.05, 0.1) is 16.9 Å². The molecule has 3 heterocycles. The monoisotopic (exact) mass is 446 g/mol. The van der Waals surface area contributed by atoms with Gasteiger partial charge in [-0.15, -0.1) is 12.4 Å². The zero-order valence-corrected chi connectivity index (χ0v) is 18.3. The summed E-state index contributed by atoms with van der Waals surface area (Å²) in [7, 11) is 0. The molecule has 1 aliphatic heterocycles. The number of nitrogens with zero attached hydrogens (tertiary/aromatic N) is 3. The second kappa shape index (κ2) is 9.56. The van der Waals surface area contributed by atoms with Crippen molar-refractivity contribution in [1.29, 1.82) is 0 Å². The molecular weight excluding hydrogens is 422 g/mol. The molecule has 0 spiro atoms. The van der Waals surface area contributed by atoms with Crippen molar-refractivity contribution in [3.8, 4) is 0 Å². The van der Waals surface area contributed by atoms with Crippen molar-refractivity contribution in [2.24, 2.45) is 0 Å². The third-order valence-electron chi connectivity index (χ3n) is 5.65. The van der Waals surface area contributed by atoms with Gasteiger partial charge in [0.15, 0.2) is 5.65 Å². The second-order valence-electron chi connectivity index (χ2n) is 7.68. The van der Waals surface area contributed by atoms with Gasteiger partial charge in [-0.2, -0.15) is 0 Å². The number of fused-ring (bicyclic) bond motifs is 1. The minimum atomic E-state index is -0.607. The van der Waals surface area contributed by atoms with Crippen molar-refractivity contribution in [3.63, 3.8) is 0 Å². The molecule has 31 heavy (non-hydrogen) atoms. The van der Waals surface area contributed by atoms with Crippen LogP contribution < -0.4 is 5.32 Å². The number of hydrogen-bond donors (Lipinski definition) is 1. The first kappa shape index (κ1) is 22.9. The van der Waals surface area contributed by atoms with Crippen LogP contribution in [0.2, 0.25) is 0 Å². The fourth-order valence-electron chi connectivity index (χ4n) is 4.04. The fraction of sp³-hybridized carbons (Fsp3) is 0.348. The molecule has 164 valence electrons. The van der Waals surface area contributed by atoms with Crippen LogP contribution in [0.3, 0.4) is 0 Å². The molecule has 1 N–H and O–H groups in total. The lowest BCUT2D eigenvalue weighted by Gasteiger charge is -2.35. The van der Waals surface area contributed by atoms with Gasteiger partial charge < -0.3 is 10.2 Å². The van der Waals surface area contributed by atoms with Gasteiger partial charge in [0.2, 0.25) is 0 Å². The van der Waals surface area contributed by atoms with Crippen LogP contribution >= 0.6 is 12.4 Å². The maximum absolute atomic E-state index is 14.4. The molecule has 1 saturated heterocycles. The van der Waals surface area contributed by atoms with Crippen LogP contribution in [0.15, 0.2) is 36.5 Å².